The van der Waals surface area contributed by atoms with Crippen molar-refractivity contribution < 1.29 is 14.3 Å². The topological polar surface area (TPSA) is 87.7 Å². The molecule has 0 saturated carbocycles. The Balaban J connectivity index is 1.47. The number of carbonyl (C=O) groups excluding carboxylic acids is 2. The second-order valence-electron chi connectivity index (χ2n) is 8.58. The highest BCUT2D eigenvalue weighted by atomic mass is 16.6. The Hall–Kier alpha value is -2.38. The van der Waals surface area contributed by atoms with Gasteiger partial charge < -0.3 is 19.9 Å². The van der Waals surface area contributed by atoms with Gasteiger partial charge in [0.15, 0.2) is 0 Å². The maximum absolute atomic E-state index is 13.0. The number of amides is 2. The molecule has 154 valence electrons. The molecule has 3 heterocycles. The Morgan fingerprint density at radius 3 is 2.43 bits per heavy atom. The monoisotopic (exact) mass is 389 g/mol. The van der Waals surface area contributed by atoms with E-state index < -0.39 is 5.60 Å². The van der Waals surface area contributed by atoms with Crippen LogP contribution in [-0.2, 0) is 9.53 Å². The molecule has 1 aromatic heterocycles. The number of piperidine rings is 2. The third-order valence-electron chi connectivity index (χ3n) is 5.13. The van der Waals surface area contributed by atoms with Crippen LogP contribution in [0.5, 0.6) is 0 Å². The van der Waals surface area contributed by atoms with E-state index in [1.807, 2.05) is 25.7 Å². The SMILES string of the molecule is CC(C)(C)OC(=O)NC1CCN(C(=O)C2CCCN(c3ncccn3)C2)CC1. The number of anilines is 1. The molecule has 0 radical (unpaired) electrons. The molecule has 1 unspecified atom stereocenters. The summed E-state index contributed by atoms with van der Waals surface area (Å²) in [4.78, 5) is 37.6. The van der Waals surface area contributed by atoms with Gasteiger partial charge in [-0.3, -0.25) is 4.79 Å². The zero-order valence-corrected chi connectivity index (χ0v) is 17.1. The lowest BCUT2D eigenvalue weighted by Gasteiger charge is -2.38. The zero-order valence-electron chi connectivity index (χ0n) is 17.1. The van der Waals surface area contributed by atoms with Crippen LogP contribution in [0.25, 0.3) is 0 Å². The Kier molecular flexibility index (Phi) is 6.36. The van der Waals surface area contributed by atoms with E-state index in [-0.39, 0.29) is 24.0 Å². The summed E-state index contributed by atoms with van der Waals surface area (Å²) in [5.41, 5.74) is -0.504. The summed E-state index contributed by atoms with van der Waals surface area (Å²) in [7, 11) is 0. The number of alkyl carbamates (subject to hydrolysis) is 1. The maximum Gasteiger partial charge on any atom is 0.407 e. The predicted octanol–water partition coefficient (Wildman–Crippen LogP) is 2.21. The molecule has 0 bridgehead atoms. The number of hydrogen-bond acceptors (Lipinski definition) is 6. The van der Waals surface area contributed by atoms with Crippen LogP contribution < -0.4 is 10.2 Å². The molecule has 2 aliphatic heterocycles. The molecule has 2 fully saturated rings. The number of ether oxygens (including phenoxy) is 1. The van der Waals surface area contributed by atoms with Crippen molar-refractivity contribution in [2.45, 2.75) is 58.1 Å². The molecule has 2 amide bonds. The number of rotatable bonds is 3. The smallest absolute Gasteiger partial charge is 0.407 e. The number of carbonyl (C=O) groups is 2. The fourth-order valence-electron chi connectivity index (χ4n) is 3.79. The molecule has 1 atom stereocenters. The largest absolute Gasteiger partial charge is 0.444 e. The molecule has 28 heavy (non-hydrogen) atoms. The summed E-state index contributed by atoms with van der Waals surface area (Å²) in [6.45, 7) is 8.43. The van der Waals surface area contributed by atoms with E-state index in [4.69, 9.17) is 4.74 Å². The quantitative estimate of drug-likeness (QED) is 0.853. The highest BCUT2D eigenvalue weighted by molar-refractivity contribution is 5.80. The first-order valence-electron chi connectivity index (χ1n) is 10.1. The van der Waals surface area contributed by atoms with Gasteiger partial charge in [-0.1, -0.05) is 0 Å². The Morgan fingerprint density at radius 2 is 1.79 bits per heavy atom. The average molecular weight is 390 g/mol. The lowest BCUT2D eigenvalue weighted by molar-refractivity contribution is -0.136. The van der Waals surface area contributed by atoms with Gasteiger partial charge in [0, 0.05) is 44.6 Å². The van der Waals surface area contributed by atoms with Gasteiger partial charge >= 0.3 is 6.09 Å². The van der Waals surface area contributed by atoms with Crippen LogP contribution in [0.3, 0.4) is 0 Å². The van der Waals surface area contributed by atoms with Gasteiger partial charge in [0.25, 0.3) is 0 Å². The van der Waals surface area contributed by atoms with E-state index in [2.05, 4.69) is 20.2 Å². The van der Waals surface area contributed by atoms with Gasteiger partial charge in [0.05, 0.1) is 5.92 Å². The molecular weight excluding hydrogens is 358 g/mol. The van der Waals surface area contributed by atoms with Crippen LogP contribution >= 0.6 is 0 Å². The molecule has 0 aromatic carbocycles. The molecule has 2 saturated heterocycles. The average Bonchev–Trinajstić information content (AvgIpc) is 2.67. The summed E-state index contributed by atoms with van der Waals surface area (Å²) >= 11 is 0. The van der Waals surface area contributed by atoms with Gasteiger partial charge in [0.2, 0.25) is 11.9 Å². The van der Waals surface area contributed by atoms with Crippen molar-refractivity contribution in [1.29, 1.82) is 0 Å². The third kappa shape index (κ3) is 5.56. The fraction of sp³-hybridized carbons (Fsp3) is 0.700. The zero-order chi connectivity index (χ0) is 20.1. The van der Waals surface area contributed by atoms with Crippen molar-refractivity contribution in [2.24, 2.45) is 5.92 Å². The van der Waals surface area contributed by atoms with E-state index in [1.165, 1.54) is 0 Å². The Bertz CT molecular complexity index is 668. The molecule has 1 aromatic rings. The summed E-state index contributed by atoms with van der Waals surface area (Å²) in [6, 6.07) is 1.85. The summed E-state index contributed by atoms with van der Waals surface area (Å²) in [5.74, 6) is 0.879. The lowest BCUT2D eigenvalue weighted by Crippen LogP contribution is -2.51. The maximum atomic E-state index is 13.0. The summed E-state index contributed by atoms with van der Waals surface area (Å²) in [6.07, 6.45) is 6.45. The van der Waals surface area contributed by atoms with Crippen molar-refractivity contribution >= 4 is 17.9 Å². The second-order valence-corrected chi connectivity index (χ2v) is 8.58. The van der Waals surface area contributed by atoms with Crippen LogP contribution in [0.1, 0.15) is 46.5 Å². The van der Waals surface area contributed by atoms with E-state index in [0.29, 0.717) is 25.6 Å². The highest BCUT2D eigenvalue weighted by Crippen LogP contribution is 2.23. The normalized spacial score (nSPS) is 21.3. The standard InChI is InChI=1S/C20H31N5O3/c1-20(2,3)28-19(27)23-16-7-12-24(13-8-16)17(26)15-6-4-11-25(14-15)18-21-9-5-10-22-18/h5,9-10,15-16H,4,6-8,11-14H2,1-3H3,(H,23,27). The van der Waals surface area contributed by atoms with E-state index >= 15 is 0 Å². The van der Waals surface area contributed by atoms with Crippen LogP contribution in [0.4, 0.5) is 10.7 Å². The molecule has 8 heteroatoms. The molecule has 8 nitrogen and oxygen atoms in total. The third-order valence-corrected chi connectivity index (χ3v) is 5.13. The van der Waals surface area contributed by atoms with Crippen molar-refractivity contribution in [2.75, 3.05) is 31.1 Å². The van der Waals surface area contributed by atoms with Crippen LogP contribution in [0, 0.1) is 5.92 Å². The molecule has 0 aliphatic carbocycles. The molecular formula is C20H31N5O3. The van der Waals surface area contributed by atoms with Crippen LogP contribution in [0.2, 0.25) is 0 Å². The first-order valence-corrected chi connectivity index (χ1v) is 10.1. The minimum atomic E-state index is -0.504. The number of nitrogens with zero attached hydrogens (tertiary/aromatic N) is 4. The summed E-state index contributed by atoms with van der Waals surface area (Å²) in [5, 5.41) is 2.92. The number of nitrogens with one attached hydrogen (secondary N) is 1. The predicted molar refractivity (Wildman–Crippen MR) is 106 cm³/mol. The van der Waals surface area contributed by atoms with Crippen molar-refractivity contribution in [3.8, 4) is 0 Å². The Morgan fingerprint density at radius 1 is 1.11 bits per heavy atom. The van der Waals surface area contributed by atoms with Gasteiger partial charge in [-0.15, -0.1) is 0 Å². The number of aromatic nitrogens is 2. The van der Waals surface area contributed by atoms with Crippen molar-refractivity contribution in [3.05, 3.63) is 18.5 Å². The second kappa shape index (κ2) is 8.75. The number of likely N-dealkylation sites (tertiary alicyclic amines) is 1. The summed E-state index contributed by atoms with van der Waals surface area (Å²) < 4.78 is 5.32. The molecule has 2 aliphatic rings. The minimum Gasteiger partial charge on any atom is -0.444 e. The Labute approximate surface area is 166 Å². The van der Waals surface area contributed by atoms with Crippen LogP contribution in [-0.4, -0.2) is 64.7 Å². The molecule has 3 rings (SSSR count). The minimum absolute atomic E-state index is 0.0204. The van der Waals surface area contributed by atoms with E-state index in [0.717, 1.165) is 32.2 Å². The van der Waals surface area contributed by atoms with Gasteiger partial charge in [-0.25, -0.2) is 14.8 Å². The van der Waals surface area contributed by atoms with Gasteiger partial charge in [-0.2, -0.15) is 0 Å². The van der Waals surface area contributed by atoms with Gasteiger partial charge in [0.1, 0.15) is 5.60 Å². The van der Waals surface area contributed by atoms with Crippen LogP contribution in [0.15, 0.2) is 18.5 Å². The van der Waals surface area contributed by atoms with Crippen molar-refractivity contribution in [1.82, 2.24) is 20.2 Å². The van der Waals surface area contributed by atoms with Crippen molar-refractivity contribution in [3.63, 3.8) is 0 Å². The fourth-order valence-corrected chi connectivity index (χ4v) is 3.79. The molecule has 1 N–H and O–H groups in total. The van der Waals surface area contributed by atoms with E-state index in [1.54, 1.807) is 18.5 Å². The first kappa shape index (κ1) is 20.4. The molecule has 0 spiro atoms. The first-order chi connectivity index (χ1) is 13.3. The van der Waals surface area contributed by atoms with E-state index in [9.17, 15) is 9.59 Å². The van der Waals surface area contributed by atoms with Gasteiger partial charge in [-0.05, 0) is 52.5 Å². The lowest BCUT2D eigenvalue weighted by atomic mass is 9.95. The number of hydrogen-bond donors (Lipinski definition) is 1. The highest BCUT2D eigenvalue weighted by Gasteiger charge is 2.32.